The third-order valence-electron chi connectivity index (χ3n) is 2.42. The van der Waals surface area contributed by atoms with Crippen LogP contribution in [0.4, 0.5) is 0 Å². The lowest BCUT2D eigenvalue weighted by molar-refractivity contribution is -0.124. The molecular formula is C12H17ClN2O2. The normalized spacial score (nSPS) is 14.1. The minimum atomic E-state index is -0.645. The number of rotatable bonds is 5. The Kier molecular flexibility index (Phi) is 4.78. The molecule has 0 fully saturated rings. The summed E-state index contributed by atoms with van der Waals surface area (Å²) >= 11 is 5.89. The molecule has 1 aromatic carbocycles. The van der Waals surface area contributed by atoms with Crippen molar-refractivity contribution < 1.29 is 9.53 Å². The Hall–Kier alpha value is -1.26. The molecule has 5 heteroatoms. The Labute approximate surface area is 106 Å². The Balaban J connectivity index is 3.01. The fraction of sp³-hybridized carbons (Fsp3) is 0.417. The molecule has 0 aliphatic heterocycles. The largest absolute Gasteiger partial charge is 0.480 e. The van der Waals surface area contributed by atoms with Crippen molar-refractivity contribution in [3.8, 4) is 5.75 Å². The first-order valence-electron chi connectivity index (χ1n) is 5.46. The van der Waals surface area contributed by atoms with Crippen LogP contribution in [0.1, 0.15) is 31.9 Å². The maximum Gasteiger partial charge on any atom is 0.258 e. The van der Waals surface area contributed by atoms with Crippen LogP contribution in [0.25, 0.3) is 0 Å². The van der Waals surface area contributed by atoms with E-state index in [0.29, 0.717) is 17.2 Å². The molecule has 17 heavy (non-hydrogen) atoms. The number of carbonyl (C=O) groups is 1. The smallest absolute Gasteiger partial charge is 0.258 e. The molecule has 0 bridgehead atoms. The van der Waals surface area contributed by atoms with Crippen molar-refractivity contribution in [2.45, 2.75) is 32.4 Å². The summed E-state index contributed by atoms with van der Waals surface area (Å²) in [6, 6.07) is 4.90. The fourth-order valence-electron chi connectivity index (χ4n) is 1.48. The summed E-state index contributed by atoms with van der Waals surface area (Å²) in [7, 11) is 0. The lowest BCUT2D eigenvalue weighted by atomic mass is 10.1. The van der Waals surface area contributed by atoms with Crippen molar-refractivity contribution in [3.05, 3.63) is 28.8 Å². The van der Waals surface area contributed by atoms with E-state index in [1.807, 2.05) is 13.8 Å². The molecule has 94 valence electrons. The van der Waals surface area contributed by atoms with Crippen LogP contribution < -0.4 is 16.2 Å². The number of hydrogen-bond acceptors (Lipinski definition) is 3. The van der Waals surface area contributed by atoms with Gasteiger partial charge in [-0.15, -0.1) is 0 Å². The topological polar surface area (TPSA) is 78.3 Å². The highest BCUT2D eigenvalue weighted by Gasteiger charge is 2.17. The third-order valence-corrected chi connectivity index (χ3v) is 2.65. The zero-order chi connectivity index (χ0) is 13.0. The van der Waals surface area contributed by atoms with E-state index in [2.05, 4.69) is 0 Å². The molecule has 0 saturated carbocycles. The molecule has 4 nitrogen and oxygen atoms in total. The minimum Gasteiger partial charge on any atom is -0.480 e. The van der Waals surface area contributed by atoms with Crippen molar-refractivity contribution in [2.75, 3.05) is 0 Å². The number of halogens is 1. The highest BCUT2D eigenvalue weighted by Crippen LogP contribution is 2.28. The number of nitrogens with two attached hydrogens (primary N) is 2. The molecule has 0 aliphatic carbocycles. The van der Waals surface area contributed by atoms with Crippen molar-refractivity contribution in [1.82, 2.24) is 0 Å². The molecule has 0 aliphatic rings. The first-order valence-corrected chi connectivity index (χ1v) is 5.84. The van der Waals surface area contributed by atoms with Gasteiger partial charge in [-0.3, -0.25) is 4.79 Å². The van der Waals surface area contributed by atoms with Crippen LogP contribution in [0, 0.1) is 0 Å². The predicted molar refractivity (Wildman–Crippen MR) is 68.0 cm³/mol. The van der Waals surface area contributed by atoms with Crippen LogP contribution in [0.3, 0.4) is 0 Å². The number of amides is 1. The highest BCUT2D eigenvalue weighted by molar-refractivity contribution is 6.30. The Morgan fingerprint density at radius 3 is 2.65 bits per heavy atom. The maximum atomic E-state index is 11.1. The van der Waals surface area contributed by atoms with E-state index < -0.39 is 12.0 Å². The van der Waals surface area contributed by atoms with E-state index in [1.165, 1.54) is 0 Å². The second kappa shape index (κ2) is 5.89. The first kappa shape index (κ1) is 13.8. The van der Waals surface area contributed by atoms with E-state index in [-0.39, 0.29) is 6.04 Å². The Morgan fingerprint density at radius 1 is 1.53 bits per heavy atom. The second-order valence-electron chi connectivity index (χ2n) is 3.89. The zero-order valence-electron chi connectivity index (χ0n) is 9.94. The third kappa shape index (κ3) is 3.61. The number of primary amides is 1. The quantitative estimate of drug-likeness (QED) is 0.846. The van der Waals surface area contributed by atoms with Gasteiger partial charge in [0.2, 0.25) is 0 Å². The Morgan fingerprint density at radius 2 is 2.18 bits per heavy atom. The highest BCUT2D eigenvalue weighted by atomic mass is 35.5. The summed E-state index contributed by atoms with van der Waals surface area (Å²) in [4.78, 5) is 11.1. The van der Waals surface area contributed by atoms with Crippen LogP contribution >= 0.6 is 11.6 Å². The predicted octanol–water partition coefficient (Wildman–Crippen LogP) is 2.00. The summed E-state index contributed by atoms with van der Waals surface area (Å²) in [5, 5.41) is 0.580. The van der Waals surface area contributed by atoms with Gasteiger partial charge in [0.1, 0.15) is 5.75 Å². The van der Waals surface area contributed by atoms with Gasteiger partial charge in [0.05, 0.1) is 0 Å². The monoisotopic (exact) mass is 256 g/mol. The standard InChI is InChI=1S/C12H17ClN2O2/c1-3-10(12(15)16)17-11-5-4-8(13)6-9(11)7(2)14/h4-7,10H,3,14H2,1-2H3,(H2,15,16)/t7-,10?/m0/s1. The average molecular weight is 257 g/mol. The minimum absolute atomic E-state index is 0.228. The van der Waals surface area contributed by atoms with Crippen molar-refractivity contribution >= 4 is 17.5 Å². The molecule has 0 aromatic heterocycles. The molecule has 1 rings (SSSR count). The van der Waals surface area contributed by atoms with Crippen molar-refractivity contribution in [2.24, 2.45) is 11.5 Å². The number of carbonyl (C=O) groups excluding carboxylic acids is 1. The number of ether oxygens (including phenoxy) is 1. The van der Waals surface area contributed by atoms with Gasteiger partial charge in [-0.05, 0) is 31.5 Å². The fourth-order valence-corrected chi connectivity index (χ4v) is 1.66. The van der Waals surface area contributed by atoms with E-state index >= 15 is 0 Å². The van der Waals surface area contributed by atoms with Crippen LogP contribution in [0.2, 0.25) is 5.02 Å². The Bertz CT molecular complexity index is 407. The molecule has 1 unspecified atom stereocenters. The summed E-state index contributed by atoms with van der Waals surface area (Å²) in [5.74, 6) is 0.0631. The van der Waals surface area contributed by atoms with Crippen LogP contribution in [0.5, 0.6) is 5.75 Å². The average Bonchev–Trinajstić information content (AvgIpc) is 2.26. The maximum absolute atomic E-state index is 11.1. The molecule has 1 amide bonds. The van der Waals surface area contributed by atoms with E-state index in [1.54, 1.807) is 18.2 Å². The number of hydrogen-bond donors (Lipinski definition) is 2. The van der Waals surface area contributed by atoms with E-state index in [4.69, 9.17) is 27.8 Å². The zero-order valence-corrected chi connectivity index (χ0v) is 10.7. The van der Waals surface area contributed by atoms with Gasteiger partial charge < -0.3 is 16.2 Å². The van der Waals surface area contributed by atoms with Crippen LogP contribution in [-0.2, 0) is 4.79 Å². The van der Waals surface area contributed by atoms with Crippen molar-refractivity contribution in [3.63, 3.8) is 0 Å². The van der Waals surface area contributed by atoms with Gasteiger partial charge in [0.25, 0.3) is 5.91 Å². The second-order valence-corrected chi connectivity index (χ2v) is 4.32. The molecule has 0 radical (unpaired) electrons. The van der Waals surface area contributed by atoms with Gasteiger partial charge in [0.15, 0.2) is 6.10 Å². The molecule has 4 N–H and O–H groups in total. The van der Waals surface area contributed by atoms with Gasteiger partial charge >= 0.3 is 0 Å². The van der Waals surface area contributed by atoms with Gasteiger partial charge in [-0.2, -0.15) is 0 Å². The lowest BCUT2D eigenvalue weighted by Crippen LogP contribution is -2.33. The first-order chi connectivity index (χ1) is 7.95. The summed E-state index contributed by atoms with van der Waals surface area (Å²) in [6.45, 7) is 3.65. The van der Waals surface area contributed by atoms with Crippen LogP contribution in [-0.4, -0.2) is 12.0 Å². The van der Waals surface area contributed by atoms with E-state index in [9.17, 15) is 4.79 Å². The summed E-state index contributed by atoms with van der Waals surface area (Å²) in [5.41, 5.74) is 11.8. The number of benzene rings is 1. The summed E-state index contributed by atoms with van der Waals surface area (Å²) in [6.07, 6.45) is -0.134. The molecule has 0 saturated heterocycles. The van der Waals surface area contributed by atoms with Crippen molar-refractivity contribution in [1.29, 1.82) is 0 Å². The van der Waals surface area contributed by atoms with Gasteiger partial charge in [-0.25, -0.2) is 0 Å². The SMILES string of the molecule is CCC(Oc1ccc(Cl)cc1[C@H](C)N)C(N)=O. The van der Waals surface area contributed by atoms with Gasteiger partial charge in [-0.1, -0.05) is 18.5 Å². The molecular weight excluding hydrogens is 240 g/mol. The molecule has 0 spiro atoms. The summed E-state index contributed by atoms with van der Waals surface area (Å²) < 4.78 is 5.56. The molecule has 0 heterocycles. The molecule has 1 aromatic rings. The van der Waals surface area contributed by atoms with Gasteiger partial charge in [0, 0.05) is 16.6 Å². The lowest BCUT2D eigenvalue weighted by Gasteiger charge is -2.18. The molecule has 2 atom stereocenters. The van der Waals surface area contributed by atoms with Crippen LogP contribution in [0.15, 0.2) is 18.2 Å². The van der Waals surface area contributed by atoms with E-state index in [0.717, 1.165) is 5.56 Å².